The number of fused-ring (bicyclic) bond motifs is 3. The van der Waals surface area contributed by atoms with Crippen LogP contribution >= 0.6 is 23.1 Å². The Morgan fingerprint density at radius 1 is 1.33 bits per heavy atom. The first kappa shape index (κ1) is 15.7. The van der Waals surface area contributed by atoms with Gasteiger partial charge >= 0.3 is 0 Å². The lowest BCUT2D eigenvalue weighted by Gasteiger charge is -2.12. The molecule has 0 N–H and O–H groups in total. The molecule has 24 heavy (non-hydrogen) atoms. The number of para-hydroxylation sites is 1. The average Bonchev–Trinajstić information content (AvgIpc) is 3.14. The van der Waals surface area contributed by atoms with Gasteiger partial charge in [-0.1, -0.05) is 42.1 Å². The van der Waals surface area contributed by atoms with Crippen LogP contribution in [0.1, 0.15) is 23.8 Å². The smallest absolute Gasteiger partial charge is 0.267 e. The van der Waals surface area contributed by atoms with E-state index in [1.165, 1.54) is 10.4 Å². The Morgan fingerprint density at radius 3 is 2.88 bits per heavy atom. The van der Waals surface area contributed by atoms with Crippen LogP contribution in [0.2, 0.25) is 0 Å². The first-order valence-corrected chi connectivity index (χ1v) is 9.85. The number of hydrogen-bond donors (Lipinski definition) is 0. The molecule has 3 nitrogen and oxygen atoms in total. The molecule has 0 atom stereocenters. The molecule has 0 bridgehead atoms. The molecule has 1 aliphatic carbocycles. The summed E-state index contributed by atoms with van der Waals surface area (Å²) in [5.41, 5.74) is 3.24. The molecule has 4 rings (SSSR count). The summed E-state index contributed by atoms with van der Waals surface area (Å²) in [5, 5.41) is 1.58. The highest BCUT2D eigenvalue weighted by Gasteiger charge is 2.23. The molecule has 1 aromatic carbocycles. The Balaban J connectivity index is 1.98. The number of aromatic nitrogens is 2. The van der Waals surface area contributed by atoms with Crippen LogP contribution in [-0.4, -0.2) is 15.3 Å². The Bertz CT molecular complexity index is 986. The minimum atomic E-state index is 0.0646. The van der Waals surface area contributed by atoms with Gasteiger partial charge in [-0.2, -0.15) is 0 Å². The van der Waals surface area contributed by atoms with Crippen molar-refractivity contribution >= 4 is 33.3 Å². The van der Waals surface area contributed by atoms with E-state index in [9.17, 15) is 4.79 Å². The first-order valence-electron chi connectivity index (χ1n) is 8.05. The predicted octanol–water partition coefficient (Wildman–Crippen LogP) is 4.60. The number of thioether (sulfide) groups is 1. The molecule has 3 aromatic rings. The van der Waals surface area contributed by atoms with Gasteiger partial charge in [0.05, 0.1) is 11.1 Å². The molecule has 0 unspecified atom stereocenters. The molecule has 0 amide bonds. The van der Waals surface area contributed by atoms with E-state index in [1.807, 2.05) is 37.3 Å². The molecular formula is C19H18N2OS2. The van der Waals surface area contributed by atoms with E-state index in [2.05, 4.69) is 6.58 Å². The molecule has 0 radical (unpaired) electrons. The lowest BCUT2D eigenvalue weighted by atomic mass is 10.2. The zero-order valence-electron chi connectivity index (χ0n) is 13.5. The van der Waals surface area contributed by atoms with Gasteiger partial charge in [-0.05, 0) is 43.9 Å². The summed E-state index contributed by atoms with van der Waals surface area (Å²) in [4.78, 5) is 20.4. The minimum Gasteiger partial charge on any atom is -0.268 e. The molecule has 5 heteroatoms. The van der Waals surface area contributed by atoms with E-state index in [4.69, 9.17) is 4.98 Å². The second-order valence-corrected chi connectivity index (χ2v) is 8.18. The van der Waals surface area contributed by atoms with Crippen LogP contribution in [0.25, 0.3) is 15.9 Å². The maximum atomic E-state index is 13.3. The highest BCUT2D eigenvalue weighted by molar-refractivity contribution is 7.99. The Hall–Kier alpha value is -1.85. The molecule has 2 aromatic heterocycles. The fourth-order valence-electron chi connectivity index (χ4n) is 3.11. The summed E-state index contributed by atoms with van der Waals surface area (Å²) < 4.78 is 1.77. The molecule has 0 saturated carbocycles. The maximum absolute atomic E-state index is 13.3. The van der Waals surface area contributed by atoms with Gasteiger partial charge in [-0.25, -0.2) is 4.98 Å². The molecule has 2 heterocycles. The van der Waals surface area contributed by atoms with E-state index in [-0.39, 0.29) is 5.56 Å². The summed E-state index contributed by atoms with van der Waals surface area (Å²) >= 11 is 3.27. The number of rotatable bonds is 4. The Kier molecular flexibility index (Phi) is 4.06. The van der Waals surface area contributed by atoms with Gasteiger partial charge < -0.3 is 0 Å². The van der Waals surface area contributed by atoms with Gasteiger partial charge in [0.2, 0.25) is 0 Å². The summed E-state index contributed by atoms with van der Waals surface area (Å²) in [5.74, 6) is 0.760. The summed E-state index contributed by atoms with van der Waals surface area (Å²) in [7, 11) is 0. The average molecular weight is 355 g/mol. The van der Waals surface area contributed by atoms with Gasteiger partial charge in [-0.3, -0.25) is 9.36 Å². The normalized spacial score (nSPS) is 13.4. The second-order valence-electron chi connectivity index (χ2n) is 6.15. The zero-order chi connectivity index (χ0) is 16.7. The number of thiophene rings is 1. The summed E-state index contributed by atoms with van der Waals surface area (Å²) in [6.45, 7) is 5.96. The van der Waals surface area contributed by atoms with Crippen molar-refractivity contribution in [2.75, 3.05) is 5.75 Å². The van der Waals surface area contributed by atoms with Crippen molar-refractivity contribution in [2.45, 2.75) is 31.3 Å². The van der Waals surface area contributed by atoms with Gasteiger partial charge in [-0.15, -0.1) is 11.3 Å². The van der Waals surface area contributed by atoms with Gasteiger partial charge in [0.1, 0.15) is 4.83 Å². The lowest BCUT2D eigenvalue weighted by Crippen LogP contribution is -2.21. The first-order chi connectivity index (χ1) is 11.6. The monoisotopic (exact) mass is 354 g/mol. The van der Waals surface area contributed by atoms with Crippen LogP contribution < -0.4 is 5.56 Å². The van der Waals surface area contributed by atoms with Crippen molar-refractivity contribution < 1.29 is 0 Å². The molecule has 0 fully saturated rings. The Labute approximate surface area is 149 Å². The summed E-state index contributed by atoms with van der Waals surface area (Å²) in [6.07, 6.45) is 3.22. The fourth-order valence-corrected chi connectivity index (χ4v) is 5.27. The lowest BCUT2D eigenvalue weighted by molar-refractivity contribution is 0.821. The van der Waals surface area contributed by atoms with Crippen LogP contribution in [0.4, 0.5) is 0 Å². The predicted molar refractivity (Wildman–Crippen MR) is 103 cm³/mol. The van der Waals surface area contributed by atoms with E-state index in [0.717, 1.165) is 51.6 Å². The number of benzene rings is 1. The minimum absolute atomic E-state index is 0.0646. The SMILES string of the molecule is C=C(C)CSc1nc2sc3c(c2c(=O)n1-c1ccccc1)CCC3. The van der Waals surface area contributed by atoms with Crippen molar-refractivity contribution in [2.24, 2.45) is 0 Å². The van der Waals surface area contributed by atoms with E-state index < -0.39 is 0 Å². The molecule has 0 spiro atoms. The quantitative estimate of drug-likeness (QED) is 0.390. The van der Waals surface area contributed by atoms with Crippen LogP contribution in [0.15, 0.2) is 52.4 Å². The van der Waals surface area contributed by atoms with Crippen LogP contribution in [0.3, 0.4) is 0 Å². The number of aryl methyl sites for hydroxylation is 2. The van der Waals surface area contributed by atoms with Crippen molar-refractivity contribution in [1.29, 1.82) is 0 Å². The Morgan fingerprint density at radius 2 is 2.12 bits per heavy atom. The van der Waals surface area contributed by atoms with Gasteiger partial charge in [0.25, 0.3) is 5.56 Å². The molecule has 0 aliphatic heterocycles. The zero-order valence-corrected chi connectivity index (χ0v) is 15.2. The van der Waals surface area contributed by atoms with Crippen molar-refractivity contribution in [3.63, 3.8) is 0 Å². The van der Waals surface area contributed by atoms with E-state index >= 15 is 0 Å². The fraction of sp³-hybridized carbons (Fsp3) is 0.263. The van der Waals surface area contributed by atoms with Crippen molar-refractivity contribution in [3.8, 4) is 5.69 Å². The second kappa shape index (κ2) is 6.22. The molecular weight excluding hydrogens is 336 g/mol. The molecule has 0 saturated heterocycles. The highest BCUT2D eigenvalue weighted by atomic mass is 32.2. The third kappa shape index (κ3) is 2.62. The van der Waals surface area contributed by atoms with E-state index in [0.29, 0.717) is 0 Å². The molecule has 1 aliphatic rings. The van der Waals surface area contributed by atoms with Crippen molar-refractivity contribution in [1.82, 2.24) is 9.55 Å². The largest absolute Gasteiger partial charge is 0.268 e. The van der Waals surface area contributed by atoms with Gasteiger partial charge in [0, 0.05) is 10.6 Å². The third-order valence-corrected chi connectivity index (χ3v) is 6.53. The topological polar surface area (TPSA) is 34.9 Å². The maximum Gasteiger partial charge on any atom is 0.267 e. The van der Waals surface area contributed by atoms with Crippen LogP contribution in [0.5, 0.6) is 0 Å². The standard InChI is InChI=1S/C19H18N2OS2/c1-12(2)11-23-19-20-17-16(14-9-6-10-15(14)24-17)18(22)21(19)13-7-4-3-5-8-13/h3-5,7-8H,1,6,9-11H2,2H3. The van der Waals surface area contributed by atoms with Crippen molar-refractivity contribution in [3.05, 3.63) is 63.3 Å². The van der Waals surface area contributed by atoms with Crippen LogP contribution in [-0.2, 0) is 12.8 Å². The molecule has 122 valence electrons. The van der Waals surface area contributed by atoms with Gasteiger partial charge in [0.15, 0.2) is 5.16 Å². The van der Waals surface area contributed by atoms with Crippen LogP contribution in [0, 0.1) is 0 Å². The highest BCUT2D eigenvalue weighted by Crippen LogP contribution is 2.36. The number of nitrogens with zero attached hydrogens (tertiary/aromatic N) is 2. The summed E-state index contributed by atoms with van der Waals surface area (Å²) in [6, 6.07) is 9.80. The number of hydrogen-bond acceptors (Lipinski definition) is 4. The third-order valence-electron chi connectivity index (χ3n) is 4.17. The van der Waals surface area contributed by atoms with E-state index in [1.54, 1.807) is 27.7 Å².